The molecule has 0 unspecified atom stereocenters. The molecular formula is C15H16FNO3. The van der Waals surface area contributed by atoms with E-state index in [1.807, 2.05) is 0 Å². The zero-order valence-electron chi connectivity index (χ0n) is 11.9. The number of fused-ring (bicyclic) bond motifs is 1. The molecule has 1 aromatic carbocycles. The van der Waals surface area contributed by atoms with Crippen LogP contribution in [0.2, 0.25) is 0 Å². The van der Waals surface area contributed by atoms with Crippen molar-refractivity contribution in [2.75, 3.05) is 0 Å². The molecule has 0 aliphatic carbocycles. The quantitative estimate of drug-likeness (QED) is 0.626. The molecule has 20 heavy (non-hydrogen) atoms. The number of ether oxygens (including phenoxy) is 1. The summed E-state index contributed by atoms with van der Waals surface area (Å²) in [4.78, 5) is 23.5. The predicted octanol–water partition coefficient (Wildman–Crippen LogP) is 3.09. The first-order valence-corrected chi connectivity index (χ1v) is 6.21. The number of aryl methyl sites for hydroxylation is 1. The van der Waals surface area contributed by atoms with Gasteiger partial charge >= 0.3 is 5.97 Å². The van der Waals surface area contributed by atoms with E-state index in [-0.39, 0.29) is 11.3 Å². The molecule has 0 radical (unpaired) electrons. The van der Waals surface area contributed by atoms with E-state index in [1.165, 1.54) is 18.2 Å². The maximum Gasteiger partial charge on any atom is 0.356 e. The summed E-state index contributed by atoms with van der Waals surface area (Å²) in [5.41, 5.74) is 0.222. The summed E-state index contributed by atoms with van der Waals surface area (Å²) in [6.45, 7) is 5.23. The van der Waals surface area contributed by atoms with Crippen LogP contribution in [0.5, 0.6) is 0 Å². The van der Waals surface area contributed by atoms with Gasteiger partial charge in [-0.3, -0.25) is 4.79 Å². The fourth-order valence-corrected chi connectivity index (χ4v) is 2.14. The maximum atomic E-state index is 13.3. The van der Waals surface area contributed by atoms with Crippen molar-refractivity contribution in [3.8, 4) is 0 Å². The summed E-state index contributed by atoms with van der Waals surface area (Å²) in [7, 11) is 1.65. The number of nitrogens with zero attached hydrogens (tertiary/aromatic N) is 1. The molecule has 0 fully saturated rings. The molecule has 0 saturated heterocycles. The monoisotopic (exact) mass is 277 g/mol. The molecule has 0 spiro atoms. The van der Waals surface area contributed by atoms with E-state index in [0.29, 0.717) is 17.2 Å². The second kappa shape index (κ2) is 4.74. The smallest absolute Gasteiger partial charge is 0.356 e. The fraction of sp³-hybridized carbons (Fsp3) is 0.333. The summed E-state index contributed by atoms with van der Waals surface area (Å²) >= 11 is 0. The van der Waals surface area contributed by atoms with Crippen molar-refractivity contribution < 1.29 is 18.7 Å². The molecule has 0 N–H and O–H groups in total. The van der Waals surface area contributed by atoms with Crippen LogP contribution >= 0.6 is 0 Å². The van der Waals surface area contributed by atoms with Crippen molar-refractivity contribution in [2.24, 2.45) is 7.05 Å². The van der Waals surface area contributed by atoms with Gasteiger partial charge in [0.1, 0.15) is 17.1 Å². The van der Waals surface area contributed by atoms with E-state index < -0.39 is 17.4 Å². The molecule has 0 amide bonds. The van der Waals surface area contributed by atoms with Gasteiger partial charge in [0.2, 0.25) is 0 Å². The first-order chi connectivity index (χ1) is 9.24. The van der Waals surface area contributed by atoms with E-state index in [1.54, 1.807) is 32.4 Å². The van der Waals surface area contributed by atoms with E-state index in [4.69, 9.17) is 4.74 Å². The van der Waals surface area contributed by atoms with Crippen molar-refractivity contribution in [3.63, 3.8) is 0 Å². The second-order valence-corrected chi connectivity index (χ2v) is 5.60. The van der Waals surface area contributed by atoms with Gasteiger partial charge in [-0.1, -0.05) is 0 Å². The number of hydrogen-bond donors (Lipinski definition) is 0. The molecule has 5 heteroatoms. The number of carbonyl (C=O) groups excluding carboxylic acids is 2. The van der Waals surface area contributed by atoms with Crippen LogP contribution in [0.4, 0.5) is 4.39 Å². The molecule has 106 valence electrons. The summed E-state index contributed by atoms with van der Waals surface area (Å²) in [6, 6.07) is 4.06. The molecule has 0 atom stereocenters. The molecule has 2 aromatic rings. The van der Waals surface area contributed by atoms with Gasteiger partial charge in [0.15, 0.2) is 6.29 Å². The van der Waals surface area contributed by atoms with Crippen molar-refractivity contribution in [3.05, 3.63) is 35.3 Å². The van der Waals surface area contributed by atoms with Crippen LogP contribution in [-0.4, -0.2) is 22.4 Å². The van der Waals surface area contributed by atoms with E-state index in [9.17, 15) is 14.0 Å². The molecule has 1 heterocycles. The number of carbonyl (C=O) groups is 2. The lowest BCUT2D eigenvalue weighted by molar-refractivity contribution is 0.00582. The normalized spacial score (nSPS) is 11.7. The maximum absolute atomic E-state index is 13.3. The van der Waals surface area contributed by atoms with Crippen LogP contribution in [0.3, 0.4) is 0 Å². The highest BCUT2D eigenvalue weighted by atomic mass is 19.1. The van der Waals surface area contributed by atoms with Gasteiger partial charge in [0.05, 0.1) is 5.56 Å². The summed E-state index contributed by atoms with van der Waals surface area (Å²) in [5, 5.41) is 0.406. The Labute approximate surface area is 116 Å². The lowest BCUT2D eigenvalue weighted by atomic mass is 10.1. The third-order valence-electron chi connectivity index (χ3n) is 2.91. The Bertz CT molecular complexity index is 695. The molecule has 0 bridgehead atoms. The third-order valence-corrected chi connectivity index (χ3v) is 2.91. The highest BCUT2D eigenvalue weighted by Crippen LogP contribution is 2.26. The number of rotatable bonds is 2. The SMILES string of the molecule is Cn1c(C(=O)OC(C)(C)C)c(C=O)c2cc(F)ccc21. The Morgan fingerprint density at radius 2 is 2.00 bits per heavy atom. The Morgan fingerprint density at radius 1 is 1.35 bits per heavy atom. The molecule has 0 aliphatic heterocycles. The Kier molecular flexibility index (Phi) is 3.38. The van der Waals surface area contributed by atoms with Crippen LogP contribution in [0.25, 0.3) is 10.9 Å². The van der Waals surface area contributed by atoms with Gasteiger partial charge in [-0.2, -0.15) is 0 Å². The Morgan fingerprint density at radius 3 is 2.55 bits per heavy atom. The molecule has 0 aliphatic rings. The van der Waals surface area contributed by atoms with Crippen molar-refractivity contribution >= 4 is 23.2 Å². The van der Waals surface area contributed by atoms with Crippen molar-refractivity contribution in [1.29, 1.82) is 0 Å². The van der Waals surface area contributed by atoms with Crippen LogP contribution < -0.4 is 0 Å². The lowest BCUT2D eigenvalue weighted by Crippen LogP contribution is -2.25. The van der Waals surface area contributed by atoms with Gasteiger partial charge in [-0.05, 0) is 39.0 Å². The van der Waals surface area contributed by atoms with Gasteiger partial charge in [-0.25, -0.2) is 9.18 Å². The highest BCUT2D eigenvalue weighted by molar-refractivity contribution is 6.08. The van der Waals surface area contributed by atoms with Gasteiger partial charge < -0.3 is 9.30 Å². The largest absolute Gasteiger partial charge is 0.455 e. The number of aldehydes is 1. The highest BCUT2D eigenvalue weighted by Gasteiger charge is 2.26. The Hall–Kier alpha value is -2.17. The first-order valence-electron chi connectivity index (χ1n) is 6.21. The number of esters is 1. The second-order valence-electron chi connectivity index (χ2n) is 5.60. The minimum absolute atomic E-state index is 0.135. The first kappa shape index (κ1) is 14.2. The minimum atomic E-state index is -0.668. The van der Waals surface area contributed by atoms with Crippen LogP contribution in [-0.2, 0) is 11.8 Å². The zero-order chi connectivity index (χ0) is 15.1. The Balaban J connectivity index is 2.67. The van der Waals surface area contributed by atoms with Crippen LogP contribution in [0.1, 0.15) is 41.6 Å². The molecule has 4 nitrogen and oxygen atoms in total. The standard InChI is InChI=1S/C15H16FNO3/c1-15(2,3)20-14(19)13-11(8-18)10-7-9(16)5-6-12(10)17(13)4/h5-8H,1-4H3. The number of benzene rings is 1. The minimum Gasteiger partial charge on any atom is -0.455 e. The van der Waals surface area contributed by atoms with Crippen LogP contribution in [0.15, 0.2) is 18.2 Å². The number of hydrogen-bond acceptors (Lipinski definition) is 3. The summed E-state index contributed by atoms with van der Waals surface area (Å²) < 4.78 is 20.2. The van der Waals surface area contributed by atoms with E-state index in [0.717, 1.165) is 0 Å². The van der Waals surface area contributed by atoms with E-state index >= 15 is 0 Å². The lowest BCUT2D eigenvalue weighted by Gasteiger charge is -2.19. The predicted molar refractivity (Wildman–Crippen MR) is 73.4 cm³/mol. The summed E-state index contributed by atoms with van der Waals surface area (Å²) in [6.07, 6.45) is 0.557. The third kappa shape index (κ3) is 2.43. The molecule has 2 rings (SSSR count). The average Bonchev–Trinajstić information content (AvgIpc) is 2.59. The molecule has 1 aromatic heterocycles. The van der Waals surface area contributed by atoms with E-state index in [2.05, 4.69) is 0 Å². The van der Waals surface area contributed by atoms with Gasteiger partial charge in [0, 0.05) is 18.0 Å². The molecule has 0 saturated carbocycles. The summed E-state index contributed by atoms with van der Waals surface area (Å²) in [5.74, 6) is -1.05. The van der Waals surface area contributed by atoms with Crippen LogP contribution in [0, 0.1) is 5.82 Å². The van der Waals surface area contributed by atoms with Crippen molar-refractivity contribution in [2.45, 2.75) is 26.4 Å². The fourth-order valence-electron chi connectivity index (χ4n) is 2.14. The number of halogens is 1. The topological polar surface area (TPSA) is 48.3 Å². The number of aromatic nitrogens is 1. The average molecular weight is 277 g/mol. The van der Waals surface area contributed by atoms with Crippen molar-refractivity contribution in [1.82, 2.24) is 4.57 Å². The zero-order valence-corrected chi connectivity index (χ0v) is 11.9. The van der Waals surface area contributed by atoms with Gasteiger partial charge in [-0.15, -0.1) is 0 Å². The van der Waals surface area contributed by atoms with Gasteiger partial charge in [0.25, 0.3) is 0 Å². The molecular weight excluding hydrogens is 261 g/mol.